The summed E-state index contributed by atoms with van der Waals surface area (Å²) < 4.78 is 1.95. The van der Waals surface area contributed by atoms with Gasteiger partial charge in [0.05, 0.1) is 6.20 Å². The Morgan fingerprint density at radius 1 is 1.04 bits per heavy atom. The zero-order chi connectivity index (χ0) is 19.3. The minimum Gasteiger partial charge on any atom is -0.335 e. The molecule has 0 atom stereocenters. The SMILES string of the molecule is CSc1ncc(C(=O)N2CCN(Cc3cccnc3)CC2)n1-c1ccccc1. The van der Waals surface area contributed by atoms with E-state index in [9.17, 15) is 4.79 Å². The number of imidazole rings is 1. The molecule has 0 radical (unpaired) electrons. The lowest BCUT2D eigenvalue weighted by molar-refractivity contribution is 0.0620. The van der Waals surface area contributed by atoms with Crippen LogP contribution < -0.4 is 0 Å². The van der Waals surface area contributed by atoms with Crippen molar-refractivity contribution in [3.63, 3.8) is 0 Å². The van der Waals surface area contributed by atoms with Gasteiger partial charge in [-0.1, -0.05) is 36.0 Å². The summed E-state index contributed by atoms with van der Waals surface area (Å²) in [5.41, 5.74) is 2.79. The Morgan fingerprint density at radius 3 is 2.50 bits per heavy atom. The number of thioether (sulfide) groups is 1. The van der Waals surface area contributed by atoms with Gasteiger partial charge in [0, 0.05) is 50.8 Å². The lowest BCUT2D eigenvalue weighted by Gasteiger charge is -2.34. The number of aromatic nitrogens is 3. The fraction of sp³-hybridized carbons (Fsp3) is 0.286. The van der Waals surface area contributed by atoms with Crippen molar-refractivity contribution >= 4 is 17.7 Å². The van der Waals surface area contributed by atoms with Crippen molar-refractivity contribution < 1.29 is 4.79 Å². The topological polar surface area (TPSA) is 54.3 Å². The second-order valence-corrected chi connectivity index (χ2v) is 7.50. The van der Waals surface area contributed by atoms with E-state index in [1.807, 2.05) is 58.3 Å². The number of carbonyl (C=O) groups excluding carboxylic acids is 1. The van der Waals surface area contributed by atoms with Crippen LogP contribution in [0.15, 0.2) is 66.2 Å². The normalized spacial score (nSPS) is 15.0. The molecule has 1 aromatic carbocycles. The first-order chi connectivity index (χ1) is 13.8. The number of amides is 1. The third kappa shape index (κ3) is 3.95. The maximum absolute atomic E-state index is 13.2. The van der Waals surface area contributed by atoms with Crippen LogP contribution in [0.2, 0.25) is 0 Å². The molecule has 1 aliphatic heterocycles. The maximum Gasteiger partial charge on any atom is 0.272 e. The quantitative estimate of drug-likeness (QED) is 0.624. The van der Waals surface area contributed by atoms with Crippen molar-refractivity contribution in [2.24, 2.45) is 0 Å². The molecule has 1 fully saturated rings. The summed E-state index contributed by atoms with van der Waals surface area (Å²) in [4.78, 5) is 26.1. The fourth-order valence-corrected chi connectivity index (χ4v) is 4.02. The summed E-state index contributed by atoms with van der Waals surface area (Å²) in [6, 6.07) is 14.0. The standard InChI is InChI=1S/C21H23N5OS/c1-28-21-23-15-19(26(21)18-7-3-2-4-8-18)20(27)25-12-10-24(11-13-25)16-17-6-5-9-22-14-17/h2-9,14-15H,10-13,16H2,1H3. The van der Waals surface area contributed by atoms with Gasteiger partial charge in [-0.3, -0.25) is 19.2 Å². The van der Waals surface area contributed by atoms with Crippen molar-refractivity contribution in [2.75, 3.05) is 32.4 Å². The molecule has 0 unspecified atom stereocenters. The summed E-state index contributed by atoms with van der Waals surface area (Å²) in [6.45, 7) is 4.01. The van der Waals surface area contributed by atoms with E-state index >= 15 is 0 Å². The molecule has 1 saturated heterocycles. The molecule has 0 saturated carbocycles. The van der Waals surface area contributed by atoms with Crippen molar-refractivity contribution in [2.45, 2.75) is 11.7 Å². The summed E-state index contributed by atoms with van der Waals surface area (Å²) in [5.74, 6) is 0.0395. The first-order valence-electron chi connectivity index (χ1n) is 9.34. The second-order valence-electron chi connectivity index (χ2n) is 6.73. The van der Waals surface area contributed by atoms with Crippen LogP contribution >= 0.6 is 11.8 Å². The number of hydrogen-bond acceptors (Lipinski definition) is 5. The molecule has 1 aliphatic rings. The number of piperazine rings is 1. The van der Waals surface area contributed by atoms with Gasteiger partial charge in [-0.25, -0.2) is 4.98 Å². The summed E-state index contributed by atoms with van der Waals surface area (Å²) in [6.07, 6.45) is 7.37. The monoisotopic (exact) mass is 393 g/mol. The van der Waals surface area contributed by atoms with E-state index in [0.29, 0.717) is 18.8 Å². The van der Waals surface area contributed by atoms with Gasteiger partial charge in [0.2, 0.25) is 0 Å². The predicted octanol–water partition coefficient (Wildman–Crippen LogP) is 2.95. The van der Waals surface area contributed by atoms with E-state index in [1.54, 1.807) is 24.2 Å². The van der Waals surface area contributed by atoms with E-state index < -0.39 is 0 Å². The average Bonchev–Trinajstić information content (AvgIpc) is 3.19. The third-order valence-electron chi connectivity index (χ3n) is 4.93. The number of para-hydroxylation sites is 1. The Kier molecular flexibility index (Phi) is 5.73. The first kappa shape index (κ1) is 18.7. The third-order valence-corrected chi connectivity index (χ3v) is 5.59. The highest BCUT2D eigenvalue weighted by molar-refractivity contribution is 7.98. The van der Waals surface area contributed by atoms with Gasteiger partial charge in [-0.05, 0) is 30.0 Å². The molecule has 0 spiro atoms. The summed E-state index contributed by atoms with van der Waals surface area (Å²) >= 11 is 1.54. The van der Waals surface area contributed by atoms with Gasteiger partial charge in [0.25, 0.3) is 5.91 Å². The Morgan fingerprint density at radius 2 is 1.82 bits per heavy atom. The van der Waals surface area contributed by atoms with Gasteiger partial charge in [0.1, 0.15) is 5.69 Å². The number of nitrogens with zero attached hydrogens (tertiary/aromatic N) is 5. The van der Waals surface area contributed by atoms with E-state index in [0.717, 1.165) is 30.5 Å². The van der Waals surface area contributed by atoms with E-state index in [4.69, 9.17) is 0 Å². The fourth-order valence-electron chi connectivity index (χ4n) is 3.48. The highest BCUT2D eigenvalue weighted by Crippen LogP contribution is 2.23. The molecule has 6 nitrogen and oxygen atoms in total. The number of hydrogen-bond donors (Lipinski definition) is 0. The molecule has 7 heteroatoms. The van der Waals surface area contributed by atoms with Gasteiger partial charge in [-0.2, -0.15) is 0 Å². The Labute approximate surface area is 169 Å². The zero-order valence-corrected chi connectivity index (χ0v) is 16.7. The molecule has 3 aromatic rings. The van der Waals surface area contributed by atoms with Crippen LogP contribution in [0.25, 0.3) is 5.69 Å². The molecule has 3 heterocycles. The van der Waals surface area contributed by atoms with Crippen LogP contribution in [0.4, 0.5) is 0 Å². The highest BCUT2D eigenvalue weighted by Gasteiger charge is 2.26. The molecule has 0 bridgehead atoms. The first-order valence-corrected chi connectivity index (χ1v) is 10.6. The number of benzene rings is 1. The molecule has 0 aliphatic carbocycles. The van der Waals surface area contributed by atoms with Crippen molar-refractivity contribution in [3.05, 3.63) is 72.3 Å². The molecule has 144 valence electrons. The Balaban J connectivity index is 1.47. The van der Waals surface area contributed by atoms with Crippen LogP contribution in [0.5, 0.6) is 0 Å². The lowest BCUT2D eigenvalue weighted by atomic mass is 10.2. The van der Waals surface area contributed by atoms with Crippen LogP contribution in [0.3, 0.4) is 0 Å². The minimum atomic E-state index is 0.0395. The smallest absolute Gasteiger partial charge is 0.272 e. The summed E-state index contributed by atoms with van der Waals surface area (Å²) in [7, 11) is 0. The van der Waals surface area contributed by atoms with Crippen LogP contribution in [0, 0.1) is 0 Å². The summed E-state index contributed by atoms with van der Waals surface area (Å²) in [5, 5.41) is 0.824. The van der Waals surface area contributed by atoms with Crippen molar-refractivity contribution in [1.82, 2.24) is 24.3 Å². The van der Waals surface area contributed by atoms with Crippen molar-refractivity contribution in [3.8, 4) is 5.69 Å². The van der Waals surface area contributed by atoms with E-state index in [2.05, 4.69) is 20.9 Å². The minimum absolute atomic E-state index is 0.0395. The molecule has 28 heavy (non-hydrogen) atoms. The Bertz CT molecular complexity index is 920. The predicted molar refractivity (Wildman–Crippen MR) is 111 cm³/mol. The number of carbonyl (C=O) groups is 1. The molecular weight excluding hydrogens is 370 g/mol. The number of rotatable bonds is 5. The van der Waals surface area contributed by atoms with E-state index in [1.165, 1.54) is 5.56 Å². The molecule has 0 N–H and O–H groups in total. The van der Waals surface area contributed by atoms with Crippen molar-refractivity contribution in [1.29, 1.82) is 0 Å². The maximum atomic E-state index is 13.2. The average molecular weight is 394 g/mol. The molecule has 2 aromatic heterocycles. The lowest BCUT2D eigenvalue weighted by Crippen LogP contribution is -2.48. The largest absolute Gasteiger partial charge is 0.335 e. The molecule has 1 amide bonds. The van der Waals surface area contributed by atoms with Crippen LogP contribution in [-0.4, -0.2) is 62.7 Å². The molecular formula is C21H23N5OS. The molecule has 4 rings (SSSR count). The number of pyridine rings is 1. The zero-order valence-electron chi connectivity index (χ0n) is 15.9. The van der Waals surface area contributed by atoms with E-state index in [-0.39, 0.29) is 5.91 Å². The van der Waals surface area contributed by atoms with Gasteiger partial charge in [-0.15, -0.1) is 0 Å². The van der Waals surface area contributed by atoms with Crippen LogP contribution in [0.1, 0.15) is 16.1 Å². The highest BCUT2D eigenvalue weighted by atomic mass is 32.2. The van der Waals surface area contributed by atoms with Gasteiger partial charge < -0.3 is 4.90 Å². The van der Waals surface area contributed by atoms with Crippen LogP contribution in [-0.2, 0) is 6.54 Å². The van der Waals surface area contributed by atoms with Gasteiger partial charge >= 0.3 is 0 Å². The van der Waals surface area contributed by atoms with Gasteiger partial charge in [0.15, 0.2) is 5.16 Å². The second kappa shape index (κ2) is 8.58. The Hall–Kier alpha value is -2.64.